The number of rotatable bonds is 2. The molecule has 2 nitrogen and oxygen atoms in total. The van der Waals surface area contributed by atoms with E-state index < -0.39 is 17.7 Å². The summed E-state index contributed by atoms with van der Waals surface area (Å²) in [4.78, 5) is 10.7. The first kappa shape index (κ1) is 14.4. The molecule has 0 fully saturated rings. The molecule has 2 rings (SSSR count). The highest BCUT2D eigenvalue weighted by molar-refractivity contribution is 6.31. The van der Waals surface area contributed by atoms with Gasteiger partial charge in [-0.3, -0.25) is 0 Å². The van der Waals surface area contributed by atoms with Crippen LogP contribution in [0.15, 0.2) is 42.5 Å². The Balaban J connectivity index is 2.45. The fraction of sp³-hybridized carbons (Fsp3) is 0.0714. The Labute approximate surface area is 117 Å². The van der Waals surface area contributed by atoms with E-state index in [-0.39, 0.29) is 10.6 Å². The summed E-state index contributed by atoms with van der Waals surface area (Å²) < 4.78 is 38.3. The zero-order valence-electron chi connectivity index (χ0n) is 9.91. The summed E-state index contributed by atoms with van der Waals surface area (Å²) in [6.07, 6.45) is -4.53. The van der Waals surface area contributed by atoms with Crippen LogP contribution in [0.1, 0.15) is 15.9 Å². The molecule has 0 radical (unpaired) electrons. The Bertz CT molecular complexity index is 648. The number of alkyl halides is 3. The van der Waals surface area contributed by atoms with Crippen LogP contribution >= 0.6 is 11.6 Å². The summed E-state index contributed by atoms with van der Waals surface area (Å²) in [5, 5.41) is 8.40. The molecule has 104 valence electrons. The zero-order chi connectivity index (χ0) is 14.9. The predicted molar refractivity (Wildman–Crippen MR) is 68.8 cm³/mol. The first-order chi connectivity index (χ1) is 9.29. The van der Waals surface area contributed by atoms with Gasteiger partial charge in [0.2, 0.25) is 0 Å². The van der Waals surface area contributed by atoms with Gasteiger partial charge in [0.1, 0.15) is 0 Å². The fourth-order valence-electron chi connectivity index (χ4n) is 1.73. The predicted octanol–water partition coefficient (Wildman–Crippen LogP) is 4.72. The summed E-state index contributed by atoms with van der Waals surface area (Å²) in [6.45, 7) is 0. The topological polar surface area (TPSA) is 37.3 Å². The summed E-state index contributed by atoms with van der Waals surface area (Å²) >= 11 is 5.54. The van der Waals surface area contributed by atoms with E-state index in [0.717, 1.165) is 6.07 Å². The highest BCUT2D eigenvalue weighted by Crippen LogP contribution is 2.37. The third kappa shape index (κ3) is 2.93. The van der Waals surface area contributed by atoms with Crippen molar-refractivity contribution in [1.82, 2.24) is 0 Å². The molecule has 2 aromatic rings. The van der Waals surface area contributed by atoms with E-state index in [2.05, 4.69) is 0 Å². The molecule has 20 heavy (non-hydrogen) atoms. The van der Waals surface area contributed by atoms with Crippen LogP contribution in [-0.2, 0) is 6.18 Å². The minimum Gasteiger partial charge on any atom is -0.478 e. The molecule has 6 heteroatoms. The quantitative estimate of drug-likeness (QED) is 0.871. The summed E-state index contributed by atoms with van der Waals surface area (Å²) in [5.41, 5.74) is -0.0476. The number of benzene rings is 2. The number of carboxylic acid groups (broad SMARTS) is 1. The van der Waals surface area contributed by atoms with Crippen molar-refractivity contribution >= 4 is 17.6 Å². The molecule has 0 aliphatic rings. The Morgan fingerprint density at radius 2 is 1.55 bits per heavy atom. The van der Waals surface area contributed by atoms with Gasteiger partial charge in [0, 0.05) is 0 Å². The van der Waals surface area contributed by atoms with Crippen LogP contribution in [0.2, 0.25) is 5.02 Å². The second kappa shape index (κ2) is 5.17. The van der Waals surface area contributed by atoms with Crippen molar-refractivity contribution in [2.45, 2.75) is 6.18 Å². The minimum absolute atomic E-state index is 0.0683. The van der Waals surface area contributed by atoms with Gasteiger partial charge in [-0.15, -0.1) is 0 Å². The van der Waals surface area contributed by atoms with Gasteiger partial charge < -0.3 is 5.11 Å². The molecule has 0 aromatic heterocycles. The third-order valence-corrected chi connectivity index (χ3v) is 3.07. The van der Waals surface area contributed by atoms with Crippen LogP contribution in [0, 0.1) is 0 Å². The molecule has 0 aliphatic heterocycles. The number of hydrogen-bond donors (Lipinski definition) is 1. The molecule has 0 saturated carbocycles. The zero-order valence-corrected chi connectivity index (χ0v) is 10.7. The summed E-state index contributed by atoms with van der Waals surface area (Å²) in [6, 6.07) is 9.13. The van der Waals surface area contributed by atoms with Gasteiger partial charge in [0.05, 0.1) is 16.1 Å². The monoisotopic (exact) mass is 300 g/mol. The first-order valence-electron chi connectivity index (χ1n) is 5.49. The van der Waals surface area contributed by atoms with Crippen molar-refractivity contribution < 1.29 is 23.1 Å². The molecule has 0 bridgehead atoms. The summed E-state index contributed by atoms with van der Waals surface area (Å²) in [5.74, 6) is -1.09. The lowest BCUT2D eigenvalue weighted by Crippen LogP contribution is -2.05. The van der Waals surface area contributed by atoms with Crippen LogP contribution in [-0.4, -0.2) is 11.1 Å². The molecule has 0 saturated heterocycles. The molecule has 0 spiro atoms. The summed E-state index contributed by atoms with van der Waals surface area (Å²) in [7, 11) is 0. The van der Waals surface area contributed by atoms with Crippen molar-refractivity contribution in [2.75, 3.05) is 0 Å². The second-order valence-electron chi connectivity index (χ2n) is 4.07. The lowest BCUT2D eigenvalue weighted by Gasteiger charge is -2.11. The molecule has 1 N–H and O–H groups in total. The molecule has 0 aliphatic carbocycles. The van der Waals surface area contributed by atoms with Gasteiger partial charge in [0.25, 0.3) is 0 Å². The lowest BCUT2D eigenvalue weighted by molar-refractivity contribution is -0.137. The number of aromatic carboxylic acids is 1. The van der Waals surface area contributed by atoms with Crippen LogP contribution in [0.5, 0.6) is 0 Å². The molecular formula is C14H8ClF3O2. The van der Waals surface area contributed by atoms with E-state index in [9.17, 15) is 18.0 Å². The van der Waals surface area contributed by atoms with Gasteiger partial charge in [0.15, 0.2) is 0 Å². The van der Waals surface area contributed by atoms with Crippen molar-refractivity contribution in [2.24, 2.45) is 0 Å². The minimum atomic E-state index is -4.53. The van der Waals surface area contributed by atoms with E-state index in [1.807, 2.05) is 0 Å². The van der Waals surface area contributed by atoms with Gasteiger partial charge in [-0.05, 0) is 35.4 Å². The van der Waals surface area contributed by atoms with Crippen molar-refractivity contribution in [3.8, 4) is 11.1 Å². The van der Waals surface area contributed by atoms with E-state index in [1.165, 1.54) is 36.4 Å². The highest BCUT2D eigenvalue weighted by atomic mass is 35.5. The lowest BCUT2D eigenvalue weighted by atomic mass is 10.0. The highest BCUT2D eigenvalue weighted by Gasteiger charge is 2.33. The van der Waals surface area contributed by atoms with Gasteiger partial charge in [-0.1, -0.05) is 29.8 Å². The third-order valence-electron chi connectivity index (χ3n) is 2.74. The van der Waals surface area contributed by atoms with E-state index in [4.69, 9.17) is 16.7 Å². The number of carbonyl (C=O) groups is 1. The number of carboxylic acids is 1. The smallest absolute Gasteiger partial charge is 0.417 e. The Hall–Kier alpha value is -2.01. The molecule has 0 atom stereocenters. The Morgan fingerprint density at radius 1 is 1.00 bits per heavy atom. The molecule has 0 heterocycles. The molecule has 0 amide bonds. The van der Waals surface area contributed by atoms with Crippen LogP contribution < -0.4 is 0 Å². The SMILES string of the molecule is O=C(O)c1ccc(-c2ccc(Cl)c(C(F)(F)F)c2)cc1. The van der Waals surface area contributed by atoms with Crippen LogP contribution in [0.25, 0.3) is 11.1 Å². The Kier molecular flexibility index (Phi) is 3.72. The average Bonchev–Trinajstić information content (AvgIpc) is 2.38. The van der Waals surface area contributed by atoms with Crippen molar-refractivity contribution in [3.05, 3.63) is 58.6 Å². The molecule has 2 aromatic carbocycles. The van der Waals surface area contributed by atoms with Gasteiger partial charge >= 0.3 is 12.1 Å². The van der Waals surface area contributed by atoms with Crippen LogP contribution in [0.4, 0.5) is 13.2 Å². The van der Waals surface area contributed by atoms with E-state index in [0.29, 0.717) is 11.1 Å². The standard InChI is InChI=1S/C14H8ClF3O2/c15-12-6-5-10(7-11(12)14(16,17)18)8-1-3-9(4-2-8)13(19)20/h1-7H,(H,19,20). The van der Waals surface area contributed by atoms with E-state index in [1.54, 1.807) is 0 Å². The maximum Gasteiger partial charge on any atom is 0.417 e. The maximum atomic E-state index is 12.8. The maximum absolute atomic E-state index is 12.8. The van der Waals surface area contributed by atoms with Crippen molar-refractivity contribution in [1.29, 1.82) is 0 Å². The molecule has 0 unspecified atom stereocenters. The Morgan fingerprint density at radius 3 is 2.05 bits per heavy atom. The number of hydrogen-bond acceptors (Lipinski definition) is 1. The van der Waals surface area contributed by atoms with Gasteiger partial charge in [-0.25, -0.2) is 4.79 Å². The fourth-order valence-corrected chi connectivity index (χ4v) is 1.95. The van der Waals surface area contributed by atoms with Gasteiger partial charge in [-0.2, -0.15) is 13.2 Å². The number of halogens is 4. The van der Waals surface area contributed by atoms with E-state index >= 15 is 0 Å². The second-order valence-corrected chi connectivity index (χ2v) is 4.48. The van der Waals surface area contributed by atoms with Crippen LogP contribution in [0.3, 0.4) is 0 Å². The molecular weight excluding hydrogens is 293 g/mol. The first-order valence-corrected chi connectivity index (χ1v) is 5.87. The largest absolute Gasteiger partial charge is 0.478 e. The normalized spacial score (nSPS) is 11.4. The average molecular weight is 301 g/mol. The van der Waals surface area contributed by atoms with Crippen molar-refractivity contribution in [3.63, 3.8) is 0 Å².